The number of esters is 1. The molecule has 1 aliphatic rings. The molecule has 6 rings (SSSR count). The Kier molecular flexibility index (Phi) is 11.0. The Morgan fingerprint density at radius 2 is 1.96 bits per heavy atom. The fourth-order valence-corrected chi connectivity index (χ4v) is 7.38. The summed E-state index contributed by atoms with van der Waals surface area (Å²) in [4.78, 5) is 13.4. The zero-order chi connectivity index (χ0) is 36.4. The summed E-state index contributed by atoms with van der Waals surface area (Å²) >= 11 is 7.07. The number of benzene rings is 3. The smallest absolute Gasteiger partial charge is 0.354 e. The molecule has 1 aliphatic heterocycles. The number of nitrogens with zero attached hydrogens (tertiary/aromatic N) is 4. The summed E-state index contributed by atoms with van der Waals surface area (Å²) in [6, 6.07) is 14.6. The first-order valence-electron chi connectivity index (χ1n) is 17.1. The van der Waals surface area contributed by atoms with Gasteiger partial charge in [0.2, 0.25) is 0 Å². The van der Waals surface area contributed by atoms with Gasteiger partial charge in [-0.2, -0.15) is 5.10 Å². The number of aryl methyl sites for hydroxylation is 5. The highest BCUT2D eigenvalue weighted by atomic mass is 35.5. The van der Waals surface area contributed by atoms with Gasteiger partial charge in [-0.25, -0.2) is 15.0 Å². The van der Waals surface area contributed by atoms with Gasteiger partial charge >= 0.3 is 5.97 Å². The number of fused-ring (bicyclic) bond motifs is 6. The van der Waals surface area contributed by atoms with Crippen molar-refractivity contribution in [1.82, 2.24) is 19.4 Å². The Balaban J connectivity index is 1.51. The van der Waals surface area contributed by atoms with Gasteiger partial charge in [0.15, 0.2) is 0 Å². The van der Waals surface area contributed by atoms with Crippen molar-refractivity contribution in [3.05, 3.63) is 98.8 Å². The molecule has 10 nitrogen and oxygen atoms in total. The Bertz CT molecular complexity index is 2120. The quantitative estimate of drug-likeness (QED) is 0.119. The Hall–Kier alpha value is -4.42. The lowest BCUT2D eigenvalue weighted by Gasteiger charge is -2.25. The number of halogens is 2. The zero-order valence-electron chi connectivity index (χ0n) is 30.0. The number of carbonyl (C=O) groups excluding carboxylic acids is 1. The van der Waals surface area contributed by atoms with Gasteiger partial charge in [0.05, 0.1) is 38.7 Å². The van der Waals surface area contributed by atoms with E-state index in [1.165, 1.54) is 19.2 Å². The highest BCUT2D eigenvalue weighted by molar-refractivity contribution is 6.34. The van der Waals surface area contributed by atoms with E-state index in [1.54, 1.807) is 25.2 Å². The average molecular weight is 718 g/mol. The van der Waals surface area contributed by atoms with Gasteiger partial charge < -0.3 is 28.5 Å². The van der Waals surface area contributed by atoms with Gasteiger partial charge in [0.1, 0.15) is 17.3 Å². The molecule has 270 valence electrons. The number of hydrogen-bond donors (Lipinski definition) is 1. The zero-order valence-corrected chi connectivity index (χ0v) is 30.8. The van der Waals surface area contributed by atoms with Gasteiger partial charge in [-0.15, -0.1) is 0 Å². The van der Waals surface area contributed by atoms with Crippen molar-refractivity contribution in [3.63, 3.8) is 0 Å². The predicted molar refractivity (Wildman–Crippen MR) is 197 cm³/mol. The third kappa shape index (κ3) is 7.48. The minimum Gasteiger partial charge on any atom is -0.493 e. The SMILES string of the molecule is COCC1C/C(=C(/C)N(C)N)c2c(Cl)ccc3c2c(C)c(C(=O)OC)n3CCCOc2cc(cc3cc(F)ccc23)CCc2cc(nn2C)CO1. The molecule has 1 atom stereocenters. The minimum absolute atomic E-state index is 0.264. The minimum atomic E-state index is -0.449. The van der Waals surface area contributed by atoms with Crippen molar-refractivity contribution in [2.45, 2.75) is 58.8 Å². The van der Waals surface area contributed by atoms with Crippen molar-refractivity contribution in [1.29, 1.82) is 0 Å². The van der Waals surface area contributed by atoms with Crippen LogP contribution in [-0.2, 0) is 47.3 Å². The van der Waals surface area contributed by atoms with E-state index >= 15 is 0 Å². The van der Waals surface area contributed by atoms with Crippen LogP contribution in [0.5, 0.6) is 5.75 Å². The number of rotatable bonds is 4. The molecular weight excluding hydrogens is 673 g/mol. The first-order chi connectivity index (χ1) is 24.5. The van der Waals surface area contributed by atoms with Gasteiger partial charge in [0.25, 0.3) is 0 Å². The number of hydrazine groups is 1. The highest BCUT2D eigenvalue weighted by Crippen LogP contribution is 2.41. The lowest BCUT2D eigenvalue weighted by atomic mass is 9.93. The molecule has 0 amide bonds. The summed E-state index contributed by atoms with van der Waals surface area (Å²) in [6.07, 6.45) is 2.05. The van der Waals surface area contributed by atoms with Crippen LogP contribution in [0.25, 0.3) is 27.2 Å². The fraction of sp³-hybridized carbons (Fsp3) is 0.385. The topological polar surface area (TPSA) is 106 Å². The van der Waals surface area contributed by atoms with E-state index in [2.05, 4.69) is 6.07 Å². The van der Waals surface area contributed by atoms with Crippen molar-refractivity contribution in [2.24, 2.45) is 12.9 Å². The third-order valence-electron chi connectivity index (χ3n) is 9.74. The van der Waals surface area contributed by atoms with Crippen LogP contribution in [0, 0.1) is 12.7 Å². The summed E-state index contributed by atoms with van der Waals surface area (Å²) in [5.74, 6) is 6.31. The van der Waals surface area contributed by atoms with Crippen LogP contribution in [0.2, 0.25) is 5.02 Å². The lowest BCUT2D eigenvalue weighted by Crippen LogP contribution is -2.27. The number of methoxy groups -OCH3 is 2. The summed E-state index contributed by atoms with van der Waals surface area (Å²) in [7, 11) is 6.73. The van der Waals surface area contributed by atoms with Crippen molar-refractivity contribution in [3.8, 4) is 5.75 Å². The monoisotopic (exact) mass is 717 g/mol. The molecule has 0 radical (unpaired) electrons. The molecule has 8 bridgehead atoms. The van der Waals surface area contributed by atoms with E-state index in [0.717, 1.165) is 61.0 Å². The van der Waals surface area contributed by atoms with E-state index < -0.39 is 5.97 Å². The summed E-state index contributed by atoms with van der Waals surface area (Å²) in [5, 5.41) is 9.27. The molecule has 1 unspecified atom stereocenters. The number of nitrogens with two attached hydrogens (primary N) is 1. The van der Waals surface area contributed by atoms with Crippen LogP contribution in [0.4, 0.5) is 4.39 Å². The standard InChI is InChI=1S/C39H45ClFN5O5/c1-23-36-34-13-12-33(40)37(36)32(24(2)44(3)42)20-30(22-48-5)51-21-28-19-29(45(4)43-28)10-8-25-16-26-18-27(41)9-11-31(26)35(17-25)50-15-7-14-46(34)38(23)39(47)49-6/h9,11-13,16-19,30H,7-8,10,14-15,20-22,42H2,1-6H3/b32-24+. The van der Waals surface area contributed by atoms with E-state index in [-0.39, 0.29) is 18.5 Å². The molecule has 0 saturated heterocycles. The largest absolute Gasteiger partial charge is 0.493 e. The van der Waals surface area contributed by atoms with Crippen LogP contribution in [0.3, 0.4) is 0 Å². The van der Waals surface area contributed by atoms with Gasteiger partial charge in [-0.05, 0) is 97.7 Å². The van der Waals surface area contributed by atoms with E-state index in [9.17, 15) is 9.18 Å². The number of allylic oxidation sites excluding steroid dienone is 1. The van der Waals surface area contributed by atoms with Gasteiger partial charge in [0, 0.05) is 72.4 Å². The number of hydrogen-bond acceptors (Lipinski definition) is 8. The van der Waals surface area contributed by atoms with E-state index in [1.807, 2.05) is 54.4 Å². The first kappa shape index (κ1) is 36.4. The molecule has 12 heteroatoms. The maximum Gasteiger partial charge on any atom is 0.354 e. The molecule has 0 fully saturated rings. The second-order valence-electron chi connectivity index (χ2n) is 13.1. The molecule has 0 saturated carbocycles. The molecule has 0 spiro atoms. The Labute approximate surface area is 302 Å². The maximum absolute atomic E-state index is 14.4. The van der Waals surface area contributed by atoms with Crippen molar-refractivity contribution < 1.29 is 28.1 Å². The summed E-state index contributed by atoms with van der Waals surface area (Å²) in [6.45, 7) is 5.26. The van der Waals surface area contributed by atoms with E-state index in [0.29, 0.717) is 61.9 Å². The second kappa shape index (κ2) is 15.4. The van der Waals surface area contributed by atoms with Crippen LogP contribution >= 0.6 is 11.6 Å². The fourth-order valence-electron chi connectivity index (χ4n) is 7.11. The lowest BCUT2D eigenvalue weighted by molar-refractivity contribution is -0.00937. The number of ether oxygens (including phenoxy) is 4. The molecule has 5 aromatic rings. The first-order valence-corrected chi connectivity index (χ1v) is 17.4. The summed E-state index contributed by atoms with van der Waals surface area (Å²) in [5.41, 5.74) is 7.31. The predicted octanol–water partition coefficient (Wildman–Crippen LogP) is 7.14. The van der Waals surface area contributed by atoms with Crippen molar-refractivity contribution >= 4 is 44.8 Å². The normalized spacial score (nSPS) is 16.9. The highest BCUT2D eigenvalue weighted by Gasteiger charge is 2.28. The molecular formula is C39H45ClFN5O5. The third-order valence-corrected chi connectivity index (χ3v) is 10.1. The molecule has 51 heavy (non-hydrogen) atoms. The molecule has 2 aromatic heterocycles. The van der Waals surface area contributed by atoms with Crippen LogP contribution in [0.15, 0.2) is 54.2 Å². The van der Waals surface area contributed by atoms with Crippen LogP contribution < -0.4 is 10.6 Å². The van der Waals surface area contributed by atoms with Crippen molar-refractivity contribution in [2.75, 3.05) is 34.5 Å². The van der Waals surface area contributed by atoms with E-state index in [4.69, 9.17) is 41.5 Å². The molecule has 0 aliphatic carbocycles. The average Bonchev–Trinajstić information content (AvgIpc) is 3.60. The van der Waals surface area contributed by atoms with Gasteiger partial charge in [-0.1, -0.05) is 17.7 Å². The molecule has 2 N–H and O–H groups in total. The Morgan fingerprint density at radius 1 is 1.16 bits per heavy atom. The second-order valence-corrected chi connectivity index (χ2v) is 13.5. The Morgan fingerprint density at radius 3 is 2.71 bits per heavy atom. The maximum atomic E-state index is 14.4. The van der Waals surface area contributed by atoms with Crippen LogP contribution in [-0.4, -0.2) is 65.9 Å². The molecule has 3 heterocycles. The van der Waals surface area contributed by atoms with Gasteiger partial charge in [-0.3, -0.25) is 4.68 Å². The number of aromatic nitrogens is 3. The molecule has 3 aromatic carbocycles. The summed E-state index contributed by atoms with van der Waals surface area (Å²) < 4.78 is 42.1. The van der Waals surface area contributed by atoms with Crippen LogP contribution in [0.1, 0.15) is 58.3 Å². The number of carbonyl (C=O) groups is 1.